The van der Waals surface area contributed by atoms with E-state index in [0.29, 0.717) is 22.2 Å². The summed E-state index contributed by atoms with van der Waals surface area (Å²) in [5.74, 6) is 0.101. The first-order chi connectivity index (χ1) is 13.5. The number of hydrogen-bond acceptors (Lipinski definition) is 5. The van der Waals surface area contributed by atoms with E-state index in [1.165, 1.54) is 17.8 Å². The maximum Gasteiger partial charge on any atom is 0.233 e. The lowest BCUT2D eigenvalue weighted by atomic mass is 10.2. The number of carbonyl (C=O) groups excluding carboxylic acids is 1. The van der Waals surface area contributed by atoms with E-state index in [2.05, 4.69) is 20.4 Å². The Hall–Kier alpha value is -3.00. The molecule has 1 N–H and O–H groups in total. The fourth-order valence-electron chi connectivity index (χ4n) is 2.89. The average molecular weight is 395 g/mol. The molecule has 2 heterocycles. The normalized spacial score (nSPS) is 12.4. The Morgan fingerprint density at radius 3 is 2.75 bits per heavy atom. The minimum Gasteiger partial charge on any atom is -0.351 e. The van der Waals surface area contributed by atoms with Gasteiger partial charge in [-0.1, -0.05) is 42.1 Å². The quantitative estimate of drug-likeness (QED) is 0.413. The summed E-state index contributed by atoms with van der Waals surface area (Å²) in [7, 11) is 0. The second kappa shape index (κ2) is 7.55. The molecule has 8 heteroatoms. The van der Waals surface area contributed by atoms with Crippen molar-refractivity contribution in [1.82, 2.24) is 24.9 Å². The first-order valence-corrected chi connectivity index (χ1v) is 9.71. The van der Waals surface area contributed by atoms with Crippen LogP contribution in [0.15, 0.2) is 53.7 Å². The maximum absolute atomic E-state index is 13.7. The number of aryl methyl sites for hydroxylation is 1. The third kappa shape index (κ3) is 3.55. The monoisotopic (exact) mass is 395 g/mol. The summed E-state index contributed by atoms with van der Waals surface area (Å²) in [6.07, 6.45) is 0. The molecule has 0 saturated carbocycles. The van der Waals surface area contributed by atoms with Gasteiger partial charge in [0, 0.05) is 17.5 Å². The highest BCUT2D eigenvalue weighted by molar-refractivity contribution is 8.00. The molecule has 2 aromatic carbocycles. The van der Waals surface area contributed by atoms with Gasteiger partial charge in [-0.15, -0.1) is 5.10 Å². The molecule has 0 bridgehead atoms. The zero-order chi connectivity index (χ0) is 19.7. The molecule has 0 aliphatic carbocycles. The van der Waals surface area contributed by atoms with Crippen molar-refractivity contribution in [2.75, 3.05) is 0 Å². The second-order valence-electron chi connectivity index (χ2n) is 6.38. The smallest absolute Gasteiger partial charge is 0.233 e. The first kappa shape index (κ1) is 18.4. The lowest BCUT2D eigenvalue weighted by molar-refractivity contribution is -0.120. The third-order valence-corrected chi connectivity index (χ3v) is 5.36. The number of benzene rings is 2. The molecule has 142 valence electrons. The summed E-state index contributed by atoms with van der Waals surface area (Å²) >= 11 is 1.29. The maximum atomic E-state index is 13.7. The van der Waals surface area contributed by atoms with E-state index in [4.69, 9.17) is 0 Å². The standard InChI is InChI=1S/C20H18FN5OS/c1-12(19(27)22-11-14-7-3-5-9-16(14)21)28-20-24-17-10-6-4-8-15(17)18-23-13(2)25-26(18)20/h3-10,12H,11H2,1-2H3,(H,22,27). The highest BCUT2D eigenvalue weighted by Gasteiger charge is 2.19. The molecule has 0 radical (unpaired) electrons. The lowest BCUT2D eigenvalue weighted by Gasteiger charge is -2.13. The second-order valence-corrected chi connectivity index (χ2v) is 7.68. The number of para-hydroxylation sites is 1. The summed E-state index contributed by atoms with van der Waals surface area (Å²) in [6.45, 7) is 3.74. The molecule has 0 aliphatic heterocycles. The van der Waals surface area contributed by atoms with Crippen molar-refractivity contribution in [2.24, 2.45) is 0 Å². The third-order valence-electron chi connectivity index (χ3n) is 4.32. The van der Waals surface area contributed by atoms with Crippen LogP contribution in [0, 0.1) is 12.7 Å². The fourth-order valence-corrected chi connectivity index (χ4v) is 3.77. The number of amides is 1. The van der Waals surface area contributed by atoms with Gasteiger partial charge in [0.2, 0.25) is 5.91 Å². The van der Waals surface area contributed by atoms with E-state index in [0.717, 1.165) is 10.9 Å². The molecule has 2 aromatic heterocycles. The van der Waals surface area contributed by atoms with E-state index < -0.39 is 5.25 Å². The number of fused-ring (bicyclic) bond motifs is 3. The zero-order valence-corrected chi connectivity index (χ0v) is 16.2. The Morgan fingerprint density at radius 2 is 1.93 bits per heavy atom. The number of carbonyl (C=O) groups is 1. The SMILES string of the molecule is Cc1nc2c3ccccc3nc(SC(C)C(=O)NCc3ccccc3F)n2n1. The predicted molar refractivity (Wildman–Crippen MR) is 107 cm³/mol. The van der Waals surface area contributed by atoms with Gasteiger partial charge in [-0.25, -0.2) is 14.4 Å². The summed E-state index contributed by atoms with van der Waals surface area (Å²) in [4.78, 5) is 21.7. The Kier molecular flexibility index (Phi) is 4.95. The van der Waals surface area contributed by atoms with Crippen molar-refractivity contribution in [1.29, 1.82) is 0 Å². The summed E-state index contributed by atoms with van der Waals surface area (Å²) in [6, 6.07) is 14.1. The highest BCUT2D eigenvalue weighted by atomic mass is 32.2. The van der Waals surface area contributed by atoms with E-state index in [-0.39, 0.29) is 18.3 Å². The van der Waals surface area contributed by atoms with Gasteiger partial charge in [0.1, 0.15) is 11.6 Å². The van der Waals surface area contributed by atoms with Crippen molar-refractivity contribution in [3.05, 3.63) is 65.7 Å². The molecular weight excluding hydrogens is 377 g/mol. The Bertz CT molecular complexity index is 1180. The molecular formula is C20H18FN5OS. The van der Waals surface area contributed by atoms with Gasteiger partial charge in [0.15, 0.2) is 10.8 Å². The Morgan fingerprint density at radius 1 is 1.18 bits per heavy atom. The number of hydrogen-bond donors (Lipinski definition) is 1. The minimum absolute atomic E-state index is 0.138. The van der Waals surface area contributed by atoms with Gasteiger partial charge >= 0.3 is 0 Å². The minimum atomic E-state index is -0.437. The molecule has 0 fully saturated rings. The van der Waals surface area contributed by atoms with E-state index >= 15 is 0 Å². The van der Waals surface area contributed by atoms with Crippen LogP contribution in [0.3, 0.4) is 0 Å². The van der Waals surface area contributed by atoms with Crippen LogP contribution in [0.1, 0.15) is 18.3 Å². The number of aromatic nitrogens is 4. The summed E-state index contributed by atoms with van der Waals surface area (Å²) < 4.78 is 15.4. The van der Waals surface area contributed by atoms with Crippen LogP contribution in [-0.4, -0.2) is 30.7 Å². The molecule has 0 aliphatic rings. The van der Waals surface area contributed by atoms with Gasteiger partial charge in [-0.2, -0.15) is 4.52 Å². The van der Waals surface area contributed by atoms with E-state index in [9.17, 15) is 9.18 Å². The Balaban J connectivity index is 1.56. The van der Waals surface area contributed by atoms with Crippen LogP contribution < -0.4 is 5.32 Å². The molecule has 1 amide bonds. The van der Waals surface area contributed by atoms with Crippen molar-refractivity contribution >= 4 is 34.2 Å². The van der Waals surface area contributed by atoms with Crippen LogP contribution in [0.5, 0.6) is 0 Å². The van der Waals surface area contributed by atoms with Gasteiger partial charge < -0.3 is 5.32 Å². The fraction of sp³-hybridized carbons (Fsp3) is 0.200. The highest BCUT2D eigenvalue weighted by Crippen LogP contribution is 2.26. The summed E-state index contributed by atoms with van der Waals surface area (Å²) in [5, 5.41) is 8.25. The Labute approximate surface area is 165 Å². The van der Waals surface area contributed by atoms with Gasteiger partial charge in [0.25, 0.3) is 0 Å². The zero-order valence-electron chi connectivity index (χ0n) is 15.4. The molecule has 1 atom stereocenters. The van der Waals surface area contributed by atoms with Crippen molar-refractivity contribution < 1.29 is 9.18 Å². The van der Waals surface area contributed by atoms with Gasteiger partial charge in [-0.3, -0.25) is 4.79 Å². The topological polar surface area (TPSA) is 72.2 Å². The van der Waals surface area contributed by atoms with Crippen LogP contribution in [0.2, 0.25) is 0 Å². The number of nitrogens with one attached hydrogen (secondary N) is 1. The van der Waals surface area contributed by atoms with Gasteiger partial charge in [0.05, 0.1) is 10.8 Å². The number of thioether (sulfide) groups is 1. The summed E-state index contributed by atoms with van der Waals surface area (Å²) in [5.41, 5.74) is 1.96. The molecule has 0 saturated heterocycles. The van der Waals surface area contributed by atoms with Crippen LogP contribution in [0.25, 0.3) is 16.6 Å². The van der Waals surface area contributed by atoms with Gasteiger partial charge in [-0.05, 0) is 32.0 Å². The largest absolute Gasteiger partial charge is 0.351 e. The molecule has 0 spiro atoms. The lowest BCUT2D eigenvalue weighted by Crippen LogP contribution is -2.31. The van der Waals surface area contributed by atoms with Crippen LogP contribution >= 0.6 is 11.8 Å². The van der Waals surface area contributed by atoms with E-state index in [1.54, 1.807) is 29.6 Å². The average Bonchev–Trinajstić information content (AvgIpc) is 3.09. The number of nitrogens with zero attached hydrogens (tertiary/aromatic N) is 4. The molecule has 4 aromatic rings. The molecule has 1 unspecified atom stereocenters. The molecule has 28 heavy (non-hydrogen) atoms. The first-order valence-electron chi connectivity index (χ1n) is 8.83. The van der Waals surface area contributed by atoms with E-state index in [1.807, 2.05) is 31.2 Å². The predicted octanol–water partition coefficient (Wildman–Crippen LogP) is 3.52. The van der Waals surface area contributed by atoms with Crippen LogP contribution in [0.4, 0.5) is 4.39 Å². The van der Waals surface area contributed by atoms with Crippen LogP contribution in [-0.2, 0) is 11.3 Å². The molecule has 4 rings (SSSR count). The number of rotatable bonds is 5. The van der Waals surface area contributed by atoms with Crippen molar-refractivity contribution in [3.63, 3.8) is 0 Å². The van der Waals surface area contributed by atoms with Crippen molar-refractivity contribution in [3.8, 4) is 0 Å². The number of halogens is 1. The molecule has 6 nitrogen and oxygen atoms in total. The van der Waals surface area contributed by atoms with Crippen molar-refractivity contribution in [2.45, 2.75) is 30.8 Å².